The highest BCUT2D eigenvalue weighted by Gasteiger charge is 2.34. The van der Waals surface area contributed by atoms with E-state index in [0.717, 1.165) is 36.1 Å². The van der Waals surface area contributed by atoms with E-state index < -0.39 is 6.10 Å². The first-order valence-electron chi connectivity index (χ1n) is 12.3. The van der Waals surface area contributed by atoms with E-state index in [2.05, 4.69) is 31.4 Å². The van der Waals surface area contributed by atoms with Crippen molar-refractivity contribution < 1.29 is 14.3 Å². The van der Waals surface area contributed by atoms with Crippen LogP contribution >= 0.6 is 22.9 Å². The summed E-state index contributed by atoms with van der Waals surface area (Å²) in [4.78, 5) is 27.8. The van der Waals surface area contributed by atoms with E-state index in [1.807, 2.05) is 31.2 Å². The quantitative estimate of drug-likeness (QED) is 0.350. The molecule has 1 heterocycles. The van der Waals surface area contributed by atoms with Crippen LogP contribution in [0.25, 0.3) is 0 Å². The molecular formula is C29H33ClN2O3S. The van der Waals surface area contributed by atoms with Gasteiger partial charge in [-0.1, -0.05) is 50.1 Å². The van der Waals surface area contributed by atoms with Gasteiger partial charge in [0, 0.05) is 15.6 Å². The molecule has 1 aromatic heterocycles. The molecule has 0 spiro atoms. The van der Waals surface area contributed by atoms with E-state index in [0.29, 0.717) is 27.3 Å². The van der Waals surface area contributed by atoms with Crippen molar-refractivity contribution in [2.45, 2.75) is 60.0 Å². The van der Waals surface area contributed by atoms with Crippen LogP contribution in [0.15, 0.2) is 48.5 Å². The van der Waals surface area contributed by atoms with E-state index >= 15 is 0 Å². The summed E-state index contributed by atoms with van der Waals surface area (Å²) in [7, 11) is 0. The Kier molecular flexibility index (Phi) is 7.76. The van der Waals surface area contributed by atoms with Gasteiger partial charge in [0.2, 0.25) is 0 Å². The molecule has 0 saturated carbocycles. The van der Waals surface area contributed by atoms with Crippen molar-refractivity contribution in [1.82, 2.24) is 0 Å². The molecule has 2 aromatic carbocycles. The van der Waals surface area contributed by atoms with E-state index in [4.69, 9.17) is 16.3 Å². The number of halogens is 1. The second-order valence-electron chi connectivity index (χ2n) is 10.5. The third-order valence-corrected chi connectivity index (χ3v) is 8.18. The Hall–Kier alpha value is -2.83. The number of rotatable bonds is 6. The van der Waals surface area contributed by atoms with Crippen LogP contribution in [-0.2, 0) is 17.6 Å². The fourth-order valence-corrected chi connectivity index (χ4v) is 5.92. The molecule has 0 fully saturated rings. The Bertz CT molecular complexity index is 1240. The minimum atomic E-state index is -0.749. The van der Waals surface area contributed by atoms with E-state index in [1.165, 1.54) is 16.2 Å². The third-order valence-electron chi connectivity index (χ3n) is 6.76. The van der Waals surface area contributed by atoms with Crippen molar-refractivity contribution >= 4 is 45.4 Å². The fourth-order valence-electron chi connectivity index (χ4n) is 4.47. The number of amides is 2. The summed E-state index contributed by atoms with van der Waals surface area (Å²) < 4.78 is 5.81. The highest BCUT2D eigenvalue weighted by Crippen LogP contribution is 2.44. The molecule has 5 nitrogen and oxygen atoms in total. The summed E-state index contributed by atoms with van der Waals surface area (Å²) in [6.45, 7) is 10.5. The number of anilines is 2. The van der Waals surface area contributed by atoms with Crippen molar-refractivity contribution in [3.63, 3.8) is 0 Å². The molecule has 7 heteroatoms. The lowest BCUT2D eigenvalue weighted by atomic mass is 9.72. The first kappa shape index (κ1) is 26.2. The third kappa shape index (κ3) is 6.11. The number of thiophene rings is 1. The standard InChI is InChI=1S/C29H33ClN2O3S/c1-17-6-11-21(12-7-17)31-27(34)25-23-15-8-19(29(3,4)5)16-24(23)36-28(25)32-26(33)18(2)35-22-13-9-20(30)10-14-22/h6-7,9-14,18-19H,8,15-16H2,1-5H3,(H,31,34)(H,32,33). The zero-order valence-corrected chi connectivity index (χ0v) is 23.0. The predicted molar refractivity (Wildman–Crippen MR) is 149 cm³/mol. The van der Waals surface area contributed by atoms with Crippen LogP contribution in [0.3, 0.4) is 0 Å². The second-order valence-corrected chi connectivity index (χ2v) is 12.1. The van der Waals surface area contributed by atoms with Crippen molar-refractivity contribution in [1.29, 1.82) is 0 Å². The topological polar surface area (TPSA) is 67.4 Å². The van der Waals surface area contributed by atoms with Gasteiger partial charge >= 0.3 is 0 Å². The lowest BCUT2D eigenvalue weighted by Crippen LogP contribution is -2.30. The molecule has 0 saturated heterocycles. The Morgan fingerprint density at radius 2 is 1.72 bits per heavy atom. The molecule has 1 aliphatic carbocycles. The van der Waals surface area contributed by atoms with E-state index in [9.17, 15) is 9.59 Å². The van der Waals surface area contributed by atoms with E-state index in [1.54, 1.807) is 31.2 Å². The van der Waals surface area contributed by atoms with Crippen LogP contribution in [0, 0.1) is 18.3 Å². The number of hydrogen-bond acceptors (Lipinski definition) is 4. The lowest BCUT2D eigenvalue weighted by molar-refractivity contribution is -0.122. The number of fused-ring (bicyclic) bond motifs is 1. The fraction of sp³-hybridized carbons (Fsp3) is 0.379. The van der Waals surface area contributed by atoms with Gasteiger partial charge < -0.3 is 15.4 Å². The Balaban J connectivity index is 1.59. The summed E-state index contributed by atoms with van der Waals surface area (Å²) in [5.74, 6) is 0.567. The molecule has 0 radical (unpaired) electrons. The first-order chi connectivity index (χ1) is 17.0. The maximum atomic E-state index is 13.5. The molecule has 1 aliphatic rings. The van der Waals surface area contributed by atoms with Crippen molar-refractivity contribution in [3.05, 3.63) is 75.1 Å². The predicted octanol–water partition coefficient (Wildman–Crippen LogP) is 7.52. The van der Waals surface area contributed by atoms with Crippen molar-refractivity contribution in [2.75, 3.05) is 10.6 Å². The van der Waals surface area contributed by atoms with Crippen molar-refractivity contribution in [2.24, 2.45) is 11.3 Å². The minimum absolute atomic E-state index is 0.177. The molecule has 2 amide bonds. The second kappa shape index (κ2) is 10.7. The number of carbonyl (C=O) groups is 2. The highest BCUT2D eigenvalue weighted by molar-refractivity contribution is 7.17. The molecule has 2 N–H and O–H groups in total. The summed E-state index contributed by atoms with van der Waals surface area (Å²) in [5.41, 5.74) is 3.64. The Morgan fingerprint density at radius 3 is 2.36 bits per heavy atom. The molecule has 2 atom stereocenters. The Morgan fingerprint density at radius 1 is 1.06 bits per heavy atom. The minimum Gasteiger partial charge on any atom is -0.481 e. The van der Waals surface area contributed by atoms with Gasteiger partial charge in [0.15, 0.2) is 6.10 Å². The van der Waals surface area contributed by atoms with Crippen LogP contribution < -0.4 is 15.4 Å². The van der Waals surface area contributed by atoms with Gasteiger partial charge in [-0.15, -0.1) is 11.3 Å². The maximum absolute atomic E-state index is 13.5. The molecule has 2 unspecified atom stereocenters. The summed E-state index contributed by atoms with van der Waals surface area (Å²) >= 11 is 7.46. The molecule has 190 valence electrons. The summed E-state index contributed by atoms with van der Waals surface area (Å²) in [6.07, 6.45) is 1.99. The van der Waals surface area contributed by atoms with Crippen LogP contribution in [-0.4, -0.2) is 17.9 Å². The zero-order valence-electron chi connectivity index (χ0n) is 21.4. The monoisotopic (exact) mass is 524 g/mol. The maximum Gasteiger partial charge on any atom is 0.265 e. The van der Waals surface area contributed by atoms with Crippen LogP contribution in [0.5, 0.6) is 5.75 Å². The zero-order chi connectivity index (χ0) is 26.0. The number of aryl methyl sites for hydroxylation is 1. The molecular weight excluding hydrogens is 492 g/mol. The smallest absolute Gasteiger partial charge is 0.265 e. The number of carbonyl (C=O) groups excluding carboxylic acids is 2. The molecule has 36 heavy (non-hydrogen) atoms. The van der Waals surface area contributed by atoms with Gasteiger partial charge in [0.25, 0.3) is 11.8 Å². The van der Waals surface area contributed by atoms with E-state index in [-0.39, 0.29) is 17.2 Å². The van der Waals surface area contributed by atoms with Gasteiger partial charge in [0.05, 0.1) is 5.56 Å². The molecule has 0 aliphatic heterocycles. The van der Waals surface area contributed by atoms with Gasteiger partial charge in [-0.05, 0) is 86.4 Å². The number of ether oxygens (including phenoxy) is 1. The average molecular weight is 525 g/mol. The van der Waals surface area contributed by atoms with Gasteiger partial charge in [-0.2, -0.15) is 0 Å². The molecule has 4 rings (SSSR count). The first-order valence-corrected chi connectivity index (χ1v) is 13.5. The lowest BCUT2D eigenvalue weighted by Gasteiger charge is -2.33. The highest BCUT2D eigenvalue weighted by atomic mass is 35.5. The number of hydrogen-bond donors (Lipinski definition) is 2. The largest absolute Gasteiger partial charge is 0.481 e. The summed E-state index contributed by atoms with van der Waals surface area (Å²) in [5, 5.41) is 7.20. The SMILES string of the molecule is Cc1ccc(NC(=O)c2c(NC(=O)C(C)Oc3ccc(Cl)cc3)sc3c2CCC(C(C)(C)C)C3)cc1. The van der Waals surface area contributed by atoms with Gasteiger partial charge in [0.1, 0.15) is 10.8 Å². The Labute approximate surface area is 222 Å². The molecule has 0 bridgehead atoms. The van der Waals surface area contributed by atoms with Gasteiger partial charge in [-0.3, -0.25) is 9.59 Å². The average Bonchev–Trinajstić information content (AvgIpc) is 3.18. The molecule has 3 aromatic rings. The van der Waals surface area contributed by atoms with Crippen LogP contribution in [0.1, 0.15) is 60.5 Å². The van der Waals surface area contributed by atoms with Crippen molar-refractivity contribution in [3.8, 4) is 5.75 Å². The number of nitrogens with one attached hydrogen (secondary N) is 2. The van der Waals surface area contributed by atoms with Crippen LogP contribution in [0.4, 0.5) is 10.7 Å². The normalized spacial score (nSPS) is 16.1. The number of benzene rings is 2. The summed E-state index contributed by atoms with van der Waals surface area (Å²) in [6, 6.07) is 14.6. The van der Waals surface area contributed by atoms with Crippen LogP contribution in [0.2, 0.25) is 5.02 Å². The van der Waals surface area contributed by atoms with Gasteiger partial charge in [-0.25, -0.2) is 0 Å².